The number of alkyl halides is 3. The summed E-state index contributed by atoms with van der Waals surface area (Å²) in [5.74, 6) is 0. The van der Waals surface area contributed by atoms with E-state index in [9.17, 15) is 18.0 Å². The highest BCUT2D eigenvalue weighted by Gasteiger charge is 2.30. The van der Waals surface area contributed by atoms with Crippen molar-refractivity contribution in [2.45, 2.75) is 25.7 Å². The zero-order chi connectivity index (χ0) is 16.4. The fourth-order valence-corrected chi connectivity index (χ4v) is 2.45. The largest absolute Gasteiger partial charge is 0.445 e. The van der Waals surface area contributed by atoms with Crippen LogP contribution in [-0.4, -0.2) is 27.7 Å². The molecule has 0 saturated carbocycles. The summed E-state index contributed by atoms with van der Waals surface area (Å²) >= 11 is 0. The molecule has 0 atom stereocenters. The van der Waals surface area contributed by atoms with Gasteiger partial charge in [-0.3, -0.25) is 5.10 Å². The van der Waals surface area contributed by atoms with Crippen molar-refractivity contribution >= 4 is 6.09 Å². The van der Waals surface area contributed by atoms with Crippen LogP contribution in [0.1, 0.15) is 22.4 Å². The van der Waals surface area contributed by atoms with E-state index in [4.69, 9.17) is 4.74 Å². The highest BCUT2D eigenvalue weighted by Crippen LogP contribution is 2.29. The van der Waals surface area contributed by atoms with Gasteiger partial charge >= 0.3 is 12.3 Å². The van der Waals surface area contributed by atoms with Crippen LogP contribution in [0.15, 0.2) is 30.5 Å². The van der Waals surface area contributed by atoms with E-state index in [0.29, 0.717) is 25.1 Å². The molecule has 1 amide bonds. The maximum Gasteiger partial charge on any atom is 0.416 e. The first-order valence-electron chi connectivity index (χ1n) is 7.02. The first-order chi connectivity index (χ1) is 10.9. The summed E-state index contributed by atoms with van der Waals surface area (Å²) in [5.41, 5.74) is 1.46. The molecular formula is C15H14F3N3O2. The van der Waals surface area contributed by atoms with E-state index >= 15 is 0 Å². The maximum atomic E-state index is 12.6. The number of halogens is 3. The van der Waals surface area contributed by atoms with Gasteiger partial charge in [0.05, 0.1) is 24.0 Å². The summed E-state index contributed by atoms with van der Waals surface area (Å²) in [6.07, 6.45) is -2.57. The molecule has 0 saturated heterocycles. The Hall–Kier alpha value is -2.51. The summed E-state index contributed by atoms with van der Waals surface area (Å²) in [6, 6.07) is 4.75. The van der Waals surface area contributed by atoms with Gasteiger partial charge in [0.25, 0.3) is 0 Å². The van der Waals surface area contributed by atoms with Crippen LogP contribution in [0.3, 0.4) is 0 Å². The van der Waals surface area contributed by atoms with Gasteiger partial charge in [-0.15, -0.1) is 0 Å². The molecule has 2 aromatic rings. The zero-order valence-corrected chi connectivity index (χ0v) is 12.1. The number of aromatic nitrogens is 2. The number of fused-ring (bicyclic) bond motifs is 1. The van der Waals surface area contributed by atoms with Gasteiger partial charge in [-0.2, -0.15) is 18.3 Å². The number of carbonyl (C=O) groups is 1. The summed E-state index contributed by atoms with van der Waals surface area (Å²) in [6.45, 7) is 0.653. The third-order valence-electron chi connectivity index (χ3n) is 3.68. The van der Waals surface area contributed by atoms with Crippen LogP contribution in [0, 0.1) is 0 Å². The van der Waals surface area contributed by atoms with Crippen LogP contribution < -0.4 is 0 Å². The van der Waals surface area contributed by atoms with Gasteiger partial charge in [-0.25, -0.2) is 4.79 Å². The average Bonchev–Trinajstić information content (AvgIpc) is 2.99. The minimum atomic E-state index is -4.41. The van der Waals surface area contributed by atoms with Crippen LogP contribution in [0.4, 0.5) is 18.0 Å². The van der Waals surface area contributed by atoms with Gasteiger partial charge in [0.15, 0.2) is 0 Å². The highest BCUT2D eigenvalue weighted by molar-refractivity contribution is 5.68. The molecule has 2 heterocycles. The fraction of sp³-hybridized carbons (Fsp3) is 0.333. The second kappa shape index (κ2) is 5.94. The first kappa shape index (κ1) is 15.4. The minimum Gasteiger partial charge on any atom is -0.445 e. The molecule has 0 aliphatic carbocycles. The van der Waals surface area contributed by atoms with Gasteiger partial charge in [-0.05, 0) is 29.7 Å². The number of carbonyl (C=O) groups excluding carboxylic acids is 1. The van der Waals surface area contributed by atoms with Crippen LogP contribution in [0.2, 0.25) is 0 Å². The molecule has 3 rings (SSSR count). The Morgan fingerprint density at radius 3 is 3.00 bits per heavy atom. The molecule has 0 radical (unpaired) electrons. The molecule has 1 N–H and O–H groups in total. The predicted octanol–water partition coefficient (Wildman–Crippen LogP) is 3.12. The van der Waals surface area contributed by atoms with Crippen molar-refractivity contribution < 1.29 is 22.7 Å². The number of hydrogen-bond donors (Lipinski definition) is 1. The monoisotopic (exact) mass is 325 g/mol. The Morgan fingerprint density at radius 2 is 2.22 bits per heavy atom. The lowest BCUT2D eigenvalue weighted by Gasteiger charge is -2.25. The Bertz CT molecular complexity index is 712. The normalized spacial score (nSPS) is 14.5. The fourth-order valence-electron chi connectivity index (χ4n) is 2.45. The molecule has 1 aromatic carbocycles. The van der Waals surface area contributed by atoms with E-state index in [1.165, 1.54) is 17.0 Å². The van der Waals surface area contributed by atoms with E-state index < -0.39 is 17.8 Å². The van der Waals surface area contributed by atoms with E-state index in [2.05, 4.69) is 10.2 Å². The standard InChI is InChI=1S/C15H14F3N3O2/c16-15(17,18)12-3-1-2-10(6-12)9-23-14(22)21-5-4-11-7-19-20-13(11)8-21/h1-3,6-7H,4-5,8-9H2,(H,19,20). The van der Waals surface area contributed by atoms with Crippen molar-refractivity contribution in [2.75, 3.05) is 6.54 Å². The van der Waals surface area contributed by atoms with Crippen molar-refractivity contribution in [1.82, 2.24) is 15.1 Å². The molecule has 0 unspecified atom stereocenters. The zero-order valence-electron chi connectivity index (χ0n) is 12.1. The first-order valence-corrected chi connectivity index (χ1v) is 7.02. The lowest BCUT2D eigenvalue weighted by molar-refractivity contribution is -0.137. The number of nitrogens with zero attached hydrogens (tertiary/aromatic N) is 2. The molecule has 0 fully saturated rings. The molecule has 5 nitrogen and oxygen atoms in total. The number of aromatic amines is 1. The summed E-state index contributed by atoms with van der Waals surface area (Å²) in [7, 11) is 0. The number of nitrogens with one attached hydrogen (secondary N) is 1. The molecule has 1 aromatic heterocycles. The van der Waals surface area contributed by atoms with E-state index in [0.717, 1.165) is 23.4 Å². The maximum absolute atomic E-state index is 12.6. The number of rotatable bonds is 2. The quantitative estimate of drug-likeness (QED) is 0.923. The lowest BCUT2D eigenvalue weighted by Crippen LogP contribution is -2.36. The Morgan fingerprint density at radius 1 is 1.39 bits per heavy atom. The summed E-state index contributed by atoms with van der Waals surface area (Å²) < 4.78 is 43.0. The van der Waals surface area contributed by atoms with Gasteiger partial charge in [0, 0.05) is 6.54 Å². The number of H-pyrrole nitrogens is 1. The van der Waals surface area contributed by atoms with Gasteiger partial charge in [0.2, 0.25) is 0 Å². The molecule has 0 spiro atoms. The number of ether oxygens (including phenoxy) is 1. The SMILES string of the molecule is O=C(OCc1cccc(C(F)(F)F)c1)N1CCc2cn[nH]c2C1. The van der Waals surface area contributed by atoms with Gasteiger partial charge in [-0.1, -0.05) is 12.1 Å². The molecular weight excluding hydrogens is 311 g/mol. The second-order valence-corrected chi connectivity index (χ2v) is 5.30. The van der Waals surface area contributed by atoms with Crippen molar-refractivity contribution in [3.8, 4) is 0 Å². The van der Waals surface area contributed by atoms with E-state index in [1.807, 2.05) is 0 Å². The van der Waals surface area contributed by atoms with Crippen LogP contribution >= 0.6 is 0 Å². The molecule has 0 bridgehead atoms. The van der Waals surface area contributed by atoms with Crippen molar-refractivity contribution in [2.24, 2.45) is 0 Å². The van der Waals surface area contributed by atoms with Crippen molar-refractivity contribution in [3.63, 3.8) is 0 Å². The number of amides is 1. The smallest absolute Gasteiger partial charge is 0.416 e. The minimum absolute atomic E-state index is 0.199. The number of benzene rings is 1. The molecule has 1 aliphatic rings. The lowest BCUT2D eigenvalue weighted by atomic mass is 10.1. The third-order valence-corrected chi connectivity index (χ3v) is 3.68. The van der Waals surface area contributed by atoms with Crippen molar-refractivity contribution in [1.29, 1.82) is 0 Å². The average molecular weight is 325 g/mol. The van der Waals surface area contributed by atoms with Crippen molar-refractivity contribution in [3.05, 3.63) is 52.8 Å². The molecule has 23 heavy (non-hydrogen) atoms. The topological polar surface area (TPSA) is 58.2 Å². The Balaban J connectivity index is 1.60. The van der Waals surface area contributed by atoms with Crippen LogP contribution in [0.5, 0.6) is 0 Å². The molecule has 8 heteroatoms. The second-order valence-electron chi connectivity index (χ2n) is 5.30. The molecule has 1 aliphatic heterocycles. The third kappa shape index (κ3) is 3.46. The predicted molar refractivity (Wildman–Crippen MR) is 74.3 cm³/mol. The van der Waals surface area contributed by atoms with Gasteiger partial charge < -0.3 is 9.64 Å². The Labute approximate surface area is 130 Å². The van der Waals surface area contributed by atoms with Gasteiger partial charge in [0.1, 0.15) is 6.61 Å². The Kier molecular flexibility index (Phi) is 3.97. The van der Waals surface area contributed by atoms with E-state index in [1.54, 1.807) is 6.20 Å². The van der Waals surface area contributed by atoms with Crippen LogP contribution in [-0.2, 0) is 30.5 Å². The number of hydrogen-bond acceptors (Lipinski definition) is 3. The highest BCUT2D eigenvalue weighted by atomic mass is 19.4. The van der Waals surface area contributed by atoms with E-state index in [-0.39, 0.29) is 6.61 Å². The summed E-state index contributed by atoms with van der Waals surface area (Å²) in [4.78, 5) is 13.5. The van der Waals surface area contributed by atoms with Crippen LogP contribution in [0.25, 0.3) is 0 Å². The summed E-state index contributed by atoms with van der Waals surface area (Å²) in [5, 5.41) is 6.73. The molecule has 122 valence electrons.